The number of aldehydes is 1. The Hall–Kier alpha value is -1.94. The van der Waals surface area contributed by atoms with Gasteiger partial charge >= 0.3 is 0 Å². The highest BCUT2D eigenvalue weighted by Gasteiger charge is 2.52. The summed E-state index contributed by atoms with van der Waals surface area (Å²) in [5, 5.41) is 0. The standard InChI is InChI=1S/C18H18F4N2S.C4H6O2/c1-24-10-18(21,22)17(23-25)15(24)9-12-5-3-7-14(16(12)20)11-4-2-6-13(19)8-11;5-3-4-1-2-6-4/h2-8,15,17,23,25H,9-10H2,1H3;3-4H,1-2H2. The molecule has 0 aromatic heterocycles. The average Bonchev–Trinajstić information content (AvgIpc) is 2.90. The summed E-state index contributed by atoms with van der Waals surface area (Å²) in [5.41, 5.74) is 0.970. The number of ether oxygens (including phenoxy) is 1. The molecular formula is C22H24F4N2O2S. The lowest BCUT2D eigenvalue weighted by molar-refractivity contribution is -0.129. The number of likely N-dealkylation sites (tertiary alicyclic amines) is 1. The highest BCUT2D eigenvalue weighted by molar-refractivity contribution is 7.78. The Bertz CT molecular complexity index is 911. The zero-order valence-electron chi connectivity index (χ0n) is 16.9. The number of likely N-dealkylation sites (N-methyl/N-ethyl adjacent to an activating group) is 1. The van der Waals surface area contributed by atoms with Crippen molar-refractivity contribution in [2.24, 2.45) is 0 Å². The van der Waals surface area contributed by atoms with Crippen molar-refractivity contribution < 1.29 is 27.1 Å². The lowest BCUT2D eigenvalue weighted by atomic mass is 9.95. The van der Waals surface area contributed by atoms with Crippen LogP contribution in [0.4, 0.5) is 17.6 Å². The molecule has 0 amide bonds. The van der Waals surface area contributed by atoms with E-state index in [1.807, 2.05) is 0 Å². The summed E-state index contributed by atoms with van der Waals surface area (Å²) in [6.45, 7) is 0.352. The second kappa shape index (κ2) is 10.1. The number of carbonyl (C=O) groups excluding carboxylic acids is 1. The van der Waals surface area contributed by atoms with Crippen molar-refractivity contribution in [3.63, 3.8) is 0 Å². The molecule has 1 N–H and O–H groups in total. The van der Waals surface area contributed by atoms with E-state index in [-0.39, 0.29) is 18.1 Å². The fraction of sp³-hybridized carbons (Fsp3) is 0.409. The van der Waals surface area contributed by atoms with Gasteiger partial charge < -0.3 is 9.53 Å². The Morgan fingerprint density at radius 3 is 2.52 bits per heavy atom. The number of nitrogens with zero attached hydrogens (tertiary/aromatic N) is 1. The molecule has 3 atom stereocenters. The number of thiol groups is 1. The van der Waals surface area contributed by atoms with Crippen molar-refractivity contribution in [1.82, 2.24) is 9.62 Å². The number of rotatable bonds is 5. The molecule has 3 unspecified atom stereocenters. The second-order valence-corrected chi connectivity index (χ2v) is 7.94. The zero-order valence-corrected chi connectivity index (χ0v) is 17.8. The third-order valence-corrected chi connectivity index (χ3v) is 5.81. The summed E-state index contributed by atoms with van der Waals surface area (Å²) in [4.78, 5) is 11.2. The topological polar surface area (TPSA) is 41.6 Å². The smallest absolute Gasteiger partial charge is 0.277 e. The van der Waals surface area contributed by atoms with E-state index in [4.69, 9.17) is 4.74 Å². The van der Waals surface area contributed by atoms with Crippen LogP contribution in [0.5, 0.6) is 0 Å². The number of carbonyl (C=O) groups is 1. The van der Waals surface area contributed by atoms with E-state index < -0.39 is 36.2 Å². The van der Waals surface area contributed by atoms with Crippen LogP contribution in [-0.4, -0.2) is 55.5 Å². The van der Waals surface area contributed by atoms with Gasteiger partial charge in [-0.25, -0.2) is 17.6 Å². The number of alkyl halides is 2. The quantitative estimate of drug-likeness (QED) is 0.407. The molecular weight excluding hydrogens is 432 g/mol. The number of benzene rings is 2. The predicted molar refractivity (Wildman–Crippen MR) is 113 cm³/mol. The Morgan fingerprint density at radius 2 is 1.97 bits per heavy atom. The van der Waals surface area contributed by atoms with E-state index in [0.29, 0.717) is 11.1 Å². The first kappa shape index (κ1) is 23.7. The molecule has 2 aromatic carbocycles. The van der Waals surface area contributed by atoms with Crippen LogP contribution in [-0.2, 0) is 16.0 Å². The molecule has 2 fully saturated rings. The molecule has 31 heavy (non-hydrogen) atoms. The minimum absolute atomic E-state index is 0.0648. The SMILES string of the molecule is CN1CC(F)(F)C(NS)C1Cc1cccc(-c2cccc(F)c2)c1F.O=CC1CCO1. The molecule has 2 aliphatic heterocycles. The van der Waals surface area contributed by atoms with E-state index in [1.54, 1.807) is 31.3 Å². The van der Waals surface area contributed by atoms with Crippen molar-refractivity contribution >= 4 is 19.1 Å². The van der Waals surface area contributed by atoms with Gasteiger partial charge in [-0.2, -0.15) is 0 Å². The van der Waals surface area contributed by atoms with Crippen LogP contribution in [0.1, 0.15) is 12.0 Å². The van der Waals surface area contributed by atoms with Crippen molar-refractivity contribution in [2.45, 2.75) is 37.0 Å². The fourth-order valence-electron chi connectivity index (χ4n) is 3.74. The number of nitrogens with one attached hydrogen (secondary N) is 1. The maximum absolute atomic E-state index is 14.9. The summed E-state index contributed by atoms with van der Waals surface area (Å²) < 4.78 is 63.4. The second-order valence-electron chi connectivity index (χ2n) is 7.68. The Labute approximate surface area is 184 Å². The van der Waals surface area contributed by atoms with Crippen molar-refractivity contribution in [3.8, 4) is 11.1 Å². The lowest BCUT2D eigenvalue weighted by Crippen LogP contribution is -2.45. The molecule has 0 spiro atoms. The normalized spacial score (nSPS) is 24.8. The van der Waals surface area contributed by atoms with Crippen molar-refractivity contribution in [2.75, 3.05) is 20.2 Å². The summed E-state index contributed by atoms with van der Waals surface area (Å²) >= 11 is 3.82. The first-order chi connectivity index (χ1) is 14.8. The molecule has 2 aromatic rings. The molecule has 168 valence electrons. The van der Waals surface area contributed by atoms with Gasteiger partial charge in [0, 0.05) is 18.0 Å². The van der Waals surface area contributed by atoms with Crippen molar-refractivity contribution in [1.29, 1.82) is 0 Å². The molecule has 4 nitrogen and oxygen atoms in total. The summed E-state index contributed by atoms with van der Waals surface area (Å²) in [7, 11) is 1.58. The van der Waals surface area contributed by atoms with E-state index >= 15 is 0 Å². The maximum atomic E-state index is 14.9. The van der Waals surface area contributed by atoms with Crippen LogP contribution in [0.2, 0.25) is 0 Å². The van der Waals surface area contributed by atoms with Gasteiger partial charge in [0.25, 0.3) is 5.92 Å². The van der Waals surface area contributed by atoms with E-state index in [0.717, 1.165) is 19.3 Å². The summed E-state index contributed by atoms with van der Waals surface area (Å²) in [6.07, 6.45) is 1.79. The van der Waals surface area contributed by atoms with Crippen LogP contribution in [0, 0.1) is 11.6 Å². The van der Waals surface area contributed by atoms with Crippen LogP contribution >= 0.6 is 12.8 Å². The zero-order chi connectivity index (χ0) is 22.6. The summed E-state index contributed by atoms with van der Waals surface area (Å²) in [5.74, 6) is -3.93. The van der Waals surface area contributed by atoms with Gasteiger partial charge in [-0.15, -0.1) is 0 Å². The van der Waals surface area contributed by atoms with Crippen LogP contribution in [0.25, 0.3) is 11.1 Å². The minimum Gasteiger partial charge on any atom is -0.371 e. The van der Waals surface area contributed by atoms with Gasteiger partial charge in [0.2, 0.25) is 0 Å². The minimum atomic E-state index is -2.95. The predicted octanol–water partition coefficient (Wildman–Crippen LogP) is 3.90. The van der Waals surface area contributed by atoms with E-state index in [9.17, 15) is 22.4 Å². The number of hydrogen-bond acceptors (Lipinski definition) is 5. The fourth-order valence-corrected chi connectivity index (χ4v) is 4.10. The van der Waals surface area contributed by atoms with Gasteiger partial charge in [0.15, 0.2) is 0 Å². The Balaban J connectivity index is 0.000000391. The van der Waals surface area contributed by atoms with Gasteiger partial charge in [-0.3, -0.25) is 9.62 Å². The molecule has 0 radical (unpaired) electrons. The maximum Gasteiger partial charge on any atom is 0.277 e. The summed E-state index contributed by atoms with van der Waals surface area (Å²) in [6, 6.07) is 8.62. The number of halogens is 4. The van der Waals surface area contributed by atoms with Crippen LogP contribution < -0.4 is 4.72 Å². The third-order valence-electron chi connectivity index (χ3n) is 5.53. The molecule has 2 aliphatic rings. The molecule has 2 heterocycles. The first-order valence-electron chi connectivity index (χ1n) is 9.84. The van der Waals surface area contributed by atoms with Crippen LogP contribution in [0.15, 0.2) is 42.5 Å². The molecule has 4 rings (SSSR count). The van der Waals surface area contributed by atoms with Gasteiger partial charge in [-0.1, -0.05) is 43.1 Å². The molecule has 9 heteroatoms. The number of hydrogen-bond donors (Lipinski definition) is 2. The van der Waals surface area contributed by atoms with E-state index in [1.165, 1.54) is 23.1 Å². The largest absolute Gasteiger partial charge is 0.371 e. The highest BCUT2D eigenvalue weighted by atomic mass is 32.1. The Morgan fingerprint density at radius 1 is 1.26 bits per heavy atom. The monoisotopic (exact) mass is 456 g/mol. The third kappa shape index (κ3) is 5.46. The lowest BCUT2D eigenvalue weighted by Gasteiger charge is -2.25. The molecule has 0 saturated carbocycles. The molecule has 0 bridgehead atoms. The van der Waals surface area contributed by atoms with Crippen molar-refractivity contribution in [3.05, 3.63) is 59.7 Å². The molecule has 0 aliphatic carbocycles. The molecule has 2 saturated heterocycles. The van der Waals surface area contributed by atoms with E-state index in [2.05, 4.69) is 17.5 Å². The highest BCUT2D eigenvalue weighted by Crippen LogP contribution is 2.35. The average molecular weight is 457 g/mol. The Kier molecular flexibility index (Phi) is 7.74. The first-order valence-corrected chi connectivity index (χ1v) is 10.3. The van der Waals surface area contributed by atoms with Gasteiger partial charge in [0.05, 0.1) is 19.2 Å². The van der Waals surface area contributed by atoms with Gasteiger partial charge in [-0.05, 0) is 36.7 Å². The van der Waals surface area contributed by atoms with Crippen LogP contribution in [0.3, 0.4) is 0 Å². The van der Waals surface area contributed by atoms with Gasteiger partial charge in [0.1, 0.15) is 24.0 Å².